The highest BCUT2D eigenvalue weighted by molar-refractivity contribution is 7.09. The summed E-state index contributed by atoms with van der Waals surface area (Å²) in [6, 6.07) is 4.37. The van der Waals surface area contributed by atoms with Crippen molar-refractivity contribution >= 4 is 11.3 Å². The summed E-state index contributed by atoms with van der Waals surface area (Å²) >= 11 is 1.65. The van der Waals surface area contributed by atoms with Gasteiger partial charge < -0.3 is 9.88 Å². The van der Waals surface area contributed by atoms with Crippen molar-refractivity contribution < 1.29 is 0 Å². The normalized spacial score (nSPS) is 12.3. The van der Waals surface area contributed by atoms with Gasteiger partial charge in [0.05, 0.1) is 6.04 Å². The quantitative estimate of drug-likeness (QED) is 0.919. The van der Waals surface area contributed by atoms with Crippen LogP contribution in [0.1, 0.15) is 34.9 Å². The van der Waals surface area contributed by atoms with Gasteiger partial charge in [-0.1, -0.05) is 0 Å². The molecule has 0 fully saturated rings. The Morgan fingerprint density at radius 3 is 2.94 bits per heavy atom. The largest absolute Gasteiger partial charge is 0.340 e. The Hall–Kier alpha value is -1.64. The van der Waals surface area contributed by atoms with Gasteiger partial charge in [0.1, 0.15) is 16.8 Å². The summed E-state index contributed by atoms with van der Waals surface area (Å²) in [4.78, 5) is 4.29. The monoisotopic (exact) mass is 260 g/mol. The van der Waals surface area contributed by atoms with Crippen molar-refractivity contribution in [1.82, 2.24) is 14.9 Å². The standard InChI is InChI=1S/C13H16N4S/c1-9(13-15-4-5-18-13)16-8-11-6-12(7-14)17(3)10(11)2/h4-6,9,16H,8H2,1-3H3. The fraction of sp³-hybridized carbons (Fsp3) is 0.385. The van der Waals surface area contributed by atoms with Crippen LogP contribution in [-0.2, 0) is 13.6 Å². The van der Waals surface area contributed by atoms with E-state index in [0.717, 1.165) is 22.8 Å². The maximum atomic E-state index is 8.98. The second-order valence-corrected chi connectivity index (χ2v) is 5.21. The summed E-state index contributed by atoms with van der Waals surface area (Å²) in [6.45, 7) is 4.89. The zero-order valence-corrected chi connectivity index (χ0v) is 11.6. The average Bonchev–Trinajstić information content (AvgIpc) is 2.98. The van der Waals surface area contributed by atoms with Crippen LogP contribution in [0.3, 0.4) is 0 Å². The van der Waals surface area contributed by atoms with Crippen molar-refractivity contribution in [3.05, 3.63) is 39.6 Å². The first-order valence-electron chi connectivity index (χ1n) is 5.81. The molecule has 0 aliphatic rings. The Balaban J connectivity index is 2.05. The lowest BCUT2D eigenvalue weighted by Gasteiger charge is -2.11. The summed E-state index contributed by atoms with van der Waals surface area (Å²) in [6.07, 6.45) is 1.82. The van der Waals surface area contributed by atoms with Crippen LogP contribution in [0.2, 0.25) is 0 Å². The first-order valence-corrected chi connectivity index (χ1v) is 6.69. The van der Waals surface area contributed by atoms with Crippen molar-refractivity contribution in [3.63, 3.8) is 0 Å². The van der Waals surface area contributed by atoms with Crippen molar-refractivity contribution in [2.45, 2.75) is 26.4 Å². The van der Waals surface area contributed by atoms with Gasteiger partial charge in [-0.25, -0.2) is 4.98 Å². The maximum Gasteiger partial charge on any atom is 0.120 e. The van der Waals surface area contributed by atoms with E-state index in [1.54, 1.807) is 11.3 Å². The molecule has 2 aromatic rings. The highest BCUT2D eigenvalue weighted by Crippen LogP contribution is 2.17. The lowest BCUT2D eigenvalue weighted by molar-refractivity contribution is 0.570. The van der Waals surface area contributed by atoms with E-state index in [9.17, 15) is 0 Å². The Bertz CT molecular complexity index is 563. The maximum absolute atomic E-state index is 8.98. The van der Waals surface area contributed by atoms with Gasteiger partial charge in [0, 0.05) is 30.9 Å². The van der Waals surface area contributed by atoms with Gasteiger partial charge >= 0.3 is 0 Å². The van der Waals surface area contributed by atoms with Gasteiger partial charge in [-0.3, -0.25) is 0 Å². The van der Waals surface area contributed by atoms with Gasteiger partial charge in [-0.2, -0.15) is 5.26 Å². The molecule has 0 saturated heterocycles. The van der Waals surface area contributed by atoms with Crippen molar-refractivity contribution in [2.24, 2.45) is 7.05 Å². The van der Waals surface area contributed by atoms with Crippen LogP contribution in [0.4, 0.5) is 0 Å². The van der Waals surface area contributed by atoms with E-state index in [-0.39, 0.29) is 6.04 Å². The molecular weight excluding hydrogens is 244 g/mol. The minimum atomic E-state index is 0.232. The van der Waals surface area contributed by atoms with Crippen LogP contribution in [0, 0.1) is 18.3 Å². The number of nitrogens with one attached hydrogen (secondary N) is 1. The van der Waals surface area contributed by atoms with E-state index in [2.05, 4.69) is 23.3 Å². The van der Waals surface area contributed by atoms with E-state index >= 15 is 0 Å². The molecule has 0 aliphatic carbocycles. The van der Waals surface area contributed by atoms with Gasteiger partial charge in [-0.15, -0.1) is 11.3 Å². The molecule has 94 valence electrons. The summed E-state index contributed by atoms with van der Waals surface area (Å²) in [5, 5.41) is 15.5. The highest BCUT2D eigenvalue weighted by Gasteiger charge is 2.11. The minimum Gasteiger partial charge on any atom is -0.340 e. The summed E-state index contributed by atoms with van der Waals surface area (Å²) in [5.74, 6) is 0. The SMILES string of the molecule is Cc1c(CNC(C)c2nccs2)cc(C#N)n1C. The third-order valence-corrected chi connectivity index (χ3v) is 4.13. The Kier molecular flexibility index (Phi) is 3.80. The van der Waals surface area contributed by atoms with Gasteiger partial charge in [0.2, 0.25) is 0 Å². The zero-order chi connectivity index (χ0) is 13.1. The van der Waals surface area contributed by atoms with Crippen LogP contribution >= 0.6 is 11.3 Å². The second-order valence-electron chi connectivity index (χ2n) is 4.28. The topological polar surface area (TPSA) is 53.6 Å². The van der Waals surface area contributed by atoms with Gasteiger partial charge in [0.15, 0.2) is 0 Å². The Morgan fingerprint density at radius 1 is 1.61 bits per heavy atom. The molecule has 0 aliphatic heterocycles. The second kappa shape index (κ2) is 5.34. The minimum absolute atomic E-state index is 0.232. The van der Waals surface area contributed by atoms with Crippen molar-refractivity contribution in [3.8, 4) is 6.07 Å². The molecule has 1 N–H and O–H groups in total. The van der Waals surface area contributed by atoms with E-state index in [0.29, 0.717) is 5.69 Å². The molecule has 1 unspecified atom stereocenters. The third-order valence-electron chi connectivity index (χ3n) is 3.18. The van der Waals surface area contributed by atoms with Crippen LogP contribution in [-0.4, -0.2) is 9.55 Å². The molecule has 0 saturated carbocycles. The third kappa shape index (κ3) is 2.45. The van der Waals surface area contributed by atoms with Crippen LogP contribution in [0.25, 0.3) is 0 Å². The van der Waals surface area contributed by atoms with E-state index in [1.807, 2.05) is 36.2 Å². The predicted octanol–water partition coefficient (Wildman–Crippen LogP) is 2.51. The zero-order valence-electron chi connectivity index (χ0n) is 10.8. The van der Waals surface area contributed by atoms with Crippen LogP contribution in [0.15, 0.2) is 17.6 Å². The number of rotatable bonds is 4. The van der Waals surface area contributed by atoms with Crippen molar-refractivity contribution in [1.29, 1.82) is 5.26 Å². The highest BCUT2D eigenvalue weighted by atomic mass is 32.1. The van der Waals surface area contributed by atoms with E-state index in [4.69, 9.17) is 5.26 Å². The fourth-order valence-corrected chi connectivity index (χ4v) is 2.52. The average molecular weight is 260 g/mol. The first kappa shape index (κ1) is 12.8. The van der Waals surface area contributed by atoms with E-state index in [1.165, 1.54) is 0 Å². The lowest BCUT2D eigenvalue weighted by atomic mass is 10.2. The van der Waals surface area contributed by atoms with Gasteiger partial charge in [0.25, 0.3) is 0 Å². The van der Waals surface area contributed by atoms with Gasteiger partial charge in [-0.05, 0) is 25.5 Å². The number of hydrogen-bond donors (Lipinski definition) is 1. The first-order chi connectivity index (χ1) is 8.63. The van der Waals surface area contributed by atoms with Crippen molar-refractivity contribution in [2.75, 3.05) is 0 Å². The molecule has 2 heterocycles. The summed E-state index contributed by atoms with van der Waals surface area (Å²) in [5.41, 5.74) is 2.99. The molecule has 0 spiro atoms. The Morgan fingerprint density at radius 2 is 2.39 bits per heavy atom. The number of nitrogens with zero attached hydrogens (tertiary/aromatic N) is 3. The summed E-state index contributed by atoms with van der Waals surface area (Å²) in [7, 11) is 1.92. The lowest BCUT2D eigenvalue weighted by Crippen LogP contribution is -2.18. The fourth-order valence-electron chi connectivity index (χ4n) is 1.85. The number of nitriles is 1. The molecule has 4 nitrogen and oxygen atoms in total. The smallest absolute Gasteiger partial charge is 0.120 e. The number of thiazole rings is 1. The molecule has 5 heteroatoms. The Labute approximate surface area is 111 Å². The number of hydrogen-bond acceptors (Lipinski definition) is 4. The molecule has 0 bridgehead atoms. The molecular formula is C13H16N4S. The molecule has 1 atom stereocenters. The molecule has 0 amide bonds. The molecule has 0 aromatic carbocycles. The summed E-state index contributed by atoms with van der Waals surface area (Å²) < 4.78 is 1.92. The van der Waals surface area contributed by atoms with Crippen LogP contribution < -0.4 is 5.32 Å². The van der Waals surface area contributed by atoms with Crippen LogP contribution in [0.5, 0.6) is 0 Å². The molecule has 18 heavy (non-hydrogen) atoms. The van der Waals surface area contributed by atoms with E-state index < -0.39 is 0 Å². The molecule has 0 radical (unpaired) electrons. The molecule has 2 aromatic heterocycles. The molecule has 2 rings (SSSR count). The number of aromatic nitrogens is 2. The predicted molar refractivity (Wildman–Crippen MR) is 72.2 cm³/mol.